The van der Waals surface area contributed by atoms with Gasteiger partial charge in [-0.15, -0.1) is 11.8 Å². The third-order valence-electron chi connectivity index (χ3n) is 5.72. The maximum atomic E-state index is 12.9. The van der Waals surface area contributed by atoms with Crippen molar-refractivity contribution in [3.63, 3.8) is 0 Å². The summed E-state index contributed by atoms with van der Waals surface area (Å²) in [6, 6.07) is 10.2. The van der Waals surface area contributed by atoms with Gasteiger partial charge in [0.25, 0.3) is 0 Å². The first-order chi connectivity index (χ1) is 11.4. The number of carbonyl (C=O) groups is 2. The second-order valence-electron chi connectivity index (χ2n) is 7.48. The van der Waals surface area contributed by atoms with Crippen LogP contribution in [0.15, 0.2) is 59.0 Å². The number of fused-ring (bicyclic) bond motifs is 1. The third-order valence-corrected chi connectivity index (χ3v) is 6.83. The molecule has 3 heteroatoms. The molecule has 3 atom stereocenters. The minimum Gasteiger partial charge on any atom is -0.302 e. The second-order valence-corrected chi connectivity index (χ2v) is 8.58. The highest BCUT2D eigenvalue weighted by atomic mass is 32.2. The Morgan fingerprint density at radius 1 is 1.25 bits per heavy atom. The molecule has 0 saturated heterocycles. The Morgan fingerprint density at radius 3 is 2.62 bits per heavy atom. The zero-order valence-electron chi connectivity index (χ0n) is 14.5. The monoisotopic (exact) mass is 340 g/mol. The first kappa shape index (κ1) is 17.2. The quantitative estimate of drug-likeness (QED) is 0.344. The van der Waals surface area contributed by atoms with Crippen LogP contribution in [-0.2, 0) is 9.59 Å². The van der Waals surface area contributed by atoms with Gasteiger partial charge in [-0.05, 0) is 42.9 Å². The molecule has 3 rings (SSSR count). The molecule has 2 nitrogen and oxygen atoms in total. The minimum absolute atomic E-state index is 0.0204. The van der Waals surface area contributed by atoms with Gasteiger partial charge < -0.3 is 4.79 Å². The lowest BCUT2D eigenvalue weighted by molar-refractivity contribution is -0.142. The number of benzene rings is 1. The summed E-state index contributed by atoms with van der Waals surface area (Å²) >= 11 is 1.73. The first-order valence-electron chi connectivity index (χ1n) is 8.46. The van der Waals surface area contributed by atoms with E-state index in [1.807, 2.05) is 24.3 Å². The van der Waals surface area contributed by atoms with Crippen molar-refractivity contribution in [2.45, 2.75) is 32.1 Å². The molecule has 0 fully saturated rings. The fourth-order valence-corrected chi connectivity index (χ4v) is 5.51. The van der Waals surface area contributed by atoms with Gasteiger partial charge in [0.2, 0.25) is 0 Å². The SMILES string of the molecule is CC1=CC[C@H]2C(C)(C)C=CC(=O)[C@@]2(C=O)[C@@H]1CSc1ccccc1. The van der Waals surface area contributed by atoms with Gasteiger partial charge in [0.15, 0.2) is 5.78 Å². The highest BCUT2D eigenvalue weighted by Crippen LogP contribution is 2.55. The summed E-state index contributed by atoms with van der Waals surface area (Å²) in [5.74, 6) is 0.714. The molecule has 0 bridgehead atoms. The number of ketones is 1. The van der Waals surface area contributed by atoms with Crippen LogP contribution in [-0.4, -0.2) is 17.8 Å². The lowest BCUT2D eigenvalue weighted by Crippen LogP contribution is -2.55. The molecule has 1 aromatic rings. The summed E-state index contributed by atoms with van der Waals surface area (Å²) in [5, 5.41) is 0. The van der Waals surface area contributed by atoms with Gasteiger partial charge in [-0.25, -0.2) is 0 Å². The van der Waals surface area contributed by atoms with Crippen molar-refractivity contribution in [3.8, 4) is 0 Å². The van der Waals surface area contributed by atoms with Gasteiger partial charge in [-0.3, -0.25) is 4.79 Å². The van der Waals surface area contributed by atoms with Crippen LogP contribution in [0, 0.1) is 22.7 Å². The van der Waals surface area contributed by atoms with Crippen LogP contribution in [0.5, 0.6) is 0 Å². The number of hydrogen-bond acceptors (Lipinski definition) is 3. The van der Waals surface area contributed by atoms with Crippen molar-refractivity contribution in [3.05, 3.63) is 54.1 Å². The Balaban J connectivity index is 1.98. The number of hydrogen-bond donors (Lipinski definition) is 0. The molecule has 2 aliphatic rings. The molecule has 0 amide bonds. The van der Waals surface area contributed by atoms with Crippen molar-refractivity contribution in [1.29, 1.82) is 0 Å². The summed E-state index contributed by atoms with van der Waals surface area (Å²) in [6.07, 6.45) is 7.61. The summed E-state index contributed by atoms with van der Waals surface area (Å²) in [6.45, 7) is 6.33. The average Bonchev–Trinajstić information content (AvgIpc) is 2.58. The molecule has 2 aliphatic carbocycles. The van der Waals surface area contributed by atoms with Gasteiger partial charge in [-0.2, -0.15) is 0 Å². The highest BCUT2D eigenvalue weighted by Gasteiger charge is 2.58. The van der Waals surface area contributed by atoms with Gasteiger partial charge in [0, 0.05) is 16.6 Å². The van der Waals surface area contributed by atoms with Crippen molar-refractivity contribution in [2.24, 2.45) is 22.7 Å². The van der Waals surface area contributed by atoms with Crippen LogP contribution in [0.2, 0.25) is 0 Å². The lowest BCUT2D eigenvalue weighted by atomic mass is 9.50. The summed E-state index contributed by atoms with van der Waals surface area (Å²) < 4.78 is 0. The third kappa shape index (κ3) is 2.69. The zero-order valence-corrected chi connectivity index (χ0v) is 15.3. The number of allylic oxidation sites excluding steroid dienone is 4. The van der Waals surface area contributed by atoms with E-state index in [-0.39, 0.29) is 23.0 Å². The number of aldehydes is 1. The van der Waals surface area contributed by atoms with E-state index in [2.05, 4.69) is 39.0 Å². The molecular weight excluding hydrogens is 316 g/mol. The van der Waals surface area contributed by atoms with Crippen molar-refractivity contribution in [1.82, 2.24) is 0 Å². The summed E-state index contributed by atoms with van der Waals surface area (Å²) in [7, 11) is 0. The Hall–Kier alpha value is -1.61. The van der Waals surface area contributed by atoms with E-state index >= 15 is 0 Å². The smallest absolute Gasteiger partial charge is 0.169 e. The average molecular weight is 340 g/mol. The number of carbonyl (C=O) groups excluding carboxylic acids is 2. The molecule has 0 aromatic heterocycles. The topological polar surface area (TPSA) is 34.1 Å². The largest absolute Gasteiger partial charge is 0.302 e. The minimum atomic E-state index is -0.918. The first-order valence-corrected chi connectivity index (χ1v) is 9.45. The maximum absolute atomic E-state index is 12.9. The predicted octanol–water partition coefficient (Wildman–Crippen LogP) is 4.71. The second kappa shape index (κ2) is 6.36. The van der Waals surface area contributed by atoms with E-state index < -0.39 is 5.41 Å². The van der Waals surface area contributed by atoms with Crippen molar-refractivity contribution < 1.29 is 9.59 Å². The van der Waals surface area contributed by atoms with Gasteiger partial charge in [0.05, 0.1) is 5.41 Å². The molecule has 0 heterocycles. The lowest BCUT2D eigenvalue weighted by Gasteiger charge is -2.51. The molecule has 1 aromatic carbocycles. The normalized spacial score (nSPS) is 31.3. The molecule has 0 saturated carbocycles. The Labute approximate surface area is 148 Å². The standard InChI is InChI=1S/C21H24O2S/c1-15-9-10-18-20(2,3)12-11-19(23)21(18,14-22)17(15)13-24-16-7-5-4-6-8-16/h4-9,11-12,14,17-18H,10,13H2,1-3H3/t17-,18+,21+/m1/s1. The summed E-state index contributed by atoms with van der Waals surface area (Å²) in [4.78, 5) is 26.3. The van der Waals surface area contributed by atoms with E-state index in [1.165, 1.54) is 10.5 Å². The van der Waals surface area contributed by atoms with E-state index in [0.29, 0.717) is 0 Å². The molecule has 0 aliphatic heterocycles. The molecule has 0 spiro atoms. The van der Waals surface area contributed by atoms with E-state index in [0.717, 1.165) is 18.5 Å². The van der Waals surface area contributed by atoms with Crippen LogP contribution in [0.3, 0.4) is 0 Å². The Bertz CT molecular complexity index is 702. The van der Waals surface area contributed by atoms with Gasteiger partial charge >= 0.3 is 0 Å². The zero-order chi connectivity index (χ0) is 17.4. The van der Waals surface area contributed by atoms with Crippen LogP contribution < -0.4 is 0 Å². The van der Waals surface area contributed by atoms with Crippen molar-refractivity contribution >= 4 is 23.8 Å². The fraction of sp³-hybridized carbons (Fsp3) is 0.429. The molecule has 0 unspecified atom stereocenters. The van der Waals surface area contributed by atoms with E-state index in [4.69, 9.17) is 0 Å². The molecule has 0 N–H and O–H groups in total. The molecular formula is C21H24O2S. The molecule has 24 heavy (non-hydrogen) atoms. The van der Waals surface area contributed by atoms with Crippen LogP contribution >= 0.6 is 11.8 Å². The van der Waals surface area contributed by atoms with Gasteiger partial charge in [0.1, 0.15) is 6.29 Å². The van der Waals surface area contributed by atoms with Crippen molar-refractivity contribution in [2.75, 3.05) is 5.75 Å². The predicted molar refractivity (Wildman–Crippen MR) is 98.9 cm³/mol. The fourth-order valence-electron chi connectivity index (χ4n) is 4.26. The molecule has 0 radical (unpaired) electrons. The maximum Gasteiger partial charge on any atom is 0.169 e. The Morgan fingerprint density at radius 2 is 1.96 bits per heavy atom. The summed E-state index contributed by atoms with van der Waals surface area (Å²) in [5.41, 5.74) is 0.0989. The Kier molecular flexibility index (Phi) is 4.56. The van der Waals surface area contributed by atoms with E-state index in [9.17, 15) is 9.59 Å². The van der Waals surface area contributed by atoms with Crippen LogP contribution in [0.4, 0.5) is 0 Å². The number of rotatable bonds is 4. The van der Waals surface area contributed by atoms with Gasteiger partial charge in [-0.1, -0.05) is 49.8 Å². The molecule has 126 valence electrons. The van der Waals surface area contributed by atoms with E-state index in [1.54, 1.807) is 17.8 Å². The highest BCUT2D eigenvalue weighted by molar-refractivity contribution is 7.99. The van der Waals surface area contributed by atoms with Crippen LogP contribution in [0.25, 0.3) is 0 Å². The number of thioether (sulfide) groups is 1. The van der Waals surface area contributed by atoms with Crippen LogP contribution in [0.1, 0.15) is 27.2 Å².